The Labute approximate surface area is 121 Å². The summed E-state index contributed by atoms with van der Waals surface area (Å²) < 4.78 is 1.32. The summed E-state index contributed by atoms with van der Waals surface area (Å²) in [6.07, 6.45) is 11.6. The van der Waals surface area contributed by atoms with Crippen LogP contribution in [0.1, 0.15) is 78.6 Å². The molecule has 0 aromatic rings. The van der Waals surface area contributed by atoms with Crippen LogP contribution in [-0.2, 0) is 0 Å². The average Bonchev–Trinajstić information content (AvgIpc) is 2.43. The summed E-state index contributed by atoms with van der Waals surface area (Å²) in [5.41, 5.74) is 0. The molecule has 0 amide bonds. The number of rotatable bonds is 14. The summed E-state index contributed by atoms with van der Waals surface area (Å²) in [5.74, 6) is 0. The van der Waals surface area contributed by atoms with E-state index in [1.165, 1.54) is 82.0 Å². The maximum absolute atomic E-state index is 9.02. The van der Waals surface area contributed by atoms with E-state index in [1.807, 2.05) is 0 Å². The van der Waals surface area contributed by atoms with Crippen molar-refractivity contribution in [2.24, 2.45) is 0 Å². The van der Waals surface area contributed by atoms with Crippen LogP contribution in [0.2, 0.25) is 0 Å². The van der Waals surface area contributed by atoms with Gasteiger partial charge in [0.05, 0.1) is 26.2 Å². The third-order valence-electron chi connectivity index (χ3n) is 4.25. The van der Waals surface area contributed by atoms with Crippen molar-refractivity contribution < 1.29 is 9.59 Å². The molecule has 0 spiro atoms. The van der Waals surface area contributed by atoms with E-state index in [-0.39, 0.29) is 0 Å². The topological polar surface area (TPSA) is 20.2 Å². The van der Waals surface area contributed by atoms with Crippen LogP contribution in [0.5, 0.6) is 0 Å². The summed E-state index contributed by atoms with van der Waals surface area (Å²) in [4.78, 5) is 0. The van der Waals surface area contributed by atoms with Gasteiger partial charge in [0, 0.05) is 6.61 Å². The summed E-state index contributed by atoms with van der Waals surface area (Å²) in [5, 5.41) is 9.02. The number of hydrogen-bond acceptors (Lipinski definition) is 1. The molecule has 0 rings (SSSR count). The number of aliphatic hydroxyl groups is 1. The van der Waals surface area contributed by atoms with Gasteiger partial charge in [-0.05, 0) is 38.5 Å². The third-order valence-corrected chi connectivity index (χ3v) is 4.25. The van der Waals surface area contributed by atoms with E-state index in [4.69, 9.17) is 5.11 Å². The first-order valence-corrected chi connectivity index (χ1v) is 8.70. The highest BCUT2D eigenvalue weighted by molar-refractivity contribution is 4.50. The lowest BCUT2D eigenvalue weighted by atomic mass is 10.1. The lowest BCUT2D eigenvalue weighted by Crippen LogP contribution is -2.50. The van der Waals surface area contributed by atoms with Gasteiger partial charge in [-0.25, -0.2) is 0 Å². The van der Waals surface area contributed by atoms with Crippen LogP contribution in [0.3, 0.4) is 0 Å². The van der Waals surface area contributed by atoms with Gasteiger partial charge in [-0.3, -0.25) is 0 Å². The number of hydrogen-bond donors (Lipinski definition) is 1. The van der Waals surface area contributed by atoms with Crippen molar-refractivity contribution in [3.05, 3.63) is 0 Å². The van der Waals surface area contributed by atoms with Crippen molar-refractivity contribution in [1.29, 1.82) is 0 Å². The highest BCUT2D eigenvalue weighted by atomic mass is 16.2. The molecule has 19 heavy (non-hydrogen) atoms. The van der Waals surface area contributed by atoms with E-state index < -0.39 is 0 Å². The molecule has 116 valence electrons. The Hall–Kier alpha value is -0.0800. The molecule has 0 heterocycles. The number of quaternary nitrogens is 1. The van der Waals surface area contributed by atoms with E-state index in [0.29, 0.717) is 6.61 Å². The molecule has 2 nitrogen and oxygen atoms in total. The van der Waals surface area contributed by atoms with Gasteiger partial charge in [-0.2, -0.15) is 0 Å². The van der Waals surface area contributed by atoms with Crippen LogP contribution in [-0.4, -0.2) is 42.4 Å². The number of aliphatic hydroxyl groups excluding tert-OH is 1. The van der Waals surface area contributed by atoms with E-state index in [1.54, 1.807) is 0 Å². The molecule has 2 heteroatoms. The minimum atomic E-state index is 0.358. The first kappa shape index (κ1) is 18.9. The molecule has 0 aromatic heterocycles. The van der Waals surface area contributed by atoms with E-state index in [9.17, 15) is 0 Å². The van der Waals surface area contributed by atoms with Gasteiger partial charge < -0.3 is 9.59 Å². The molecular weight excluding hydrogens is 234 g/mol. The van der Waals surface area contributed by atoms with Crippen molar-refractivity contribution in [2.45, 2.75) is 78.6 Å². The van der Waals surface area contributed by atoms with E-state index >= 15 is 0 Å². The lowest BCUT2D eigenvalue weighted by molar-refractivity contribution is -0.929. The van der Waals surface area contributed by atoms with E-state index in [0.717, 1.165) is 6.42 Å². The zero-order chi connectivity index (χ0) is 14.4. The number of unbranched alkanes of at least 4 members (excludes halogenated alkanes) is 5. The normalized spacial score (nSPS) is 12.0. The van der Waals surface area contributed by atoms with Crippen molar-refractivity contribution in [3.63, 3.8) is 0 Å². The SMILES string of the molecule is CCCCC[N+](CCCC)(CCCC)CCCCO. The quantitative estimate of drug-likeness (QED) is 0.368. The summed E-state index contributed by atoms with van der Waals surface area (Å²) in [6.45, 7) is 12.6. The fourth-order valence-corrected chi connectivity index (χ4v) is 2.91. The Bertz CT molecular complexity index is 162. The summed E-state index contributed by atoms with van der Waals surface area (Å²) >= 11 is 0. The molecule has 0 aliphatic heterocycles. The molecule has 0 fully saturated rings. The second kappa shape index (κ2) is 12.9. The smallest absolute Gasteiger partial charge is 0.0787 e. The van der Waals surface area contributed by atoms with Crippen LogP contribution < -0.4 is 0 Å². The fourth-order valence-electron chi connectivity index (χ4n) is 2.91. The van der Waals surface area contributed by atoms with Crippen LogP contribution in [0, 0.1) is 0 Å². The first-order valence-electron chi connectivity index (χ1n) is 8.70. The van der Waals surface area contributed by atoms with Gasteiger partial charge in [0.1, 0.15) is 0 Å². The van der Waals surface area contributed by atoms with Crippen LogP contribution >= 0.6 is 0 Å². The minimum absolute atomic E-state index is 0.358. The highest BCUT2D eigenvalue weighted by Gasteiger charge is 2.25. The Morgan fingerprint density at radius 2 is 1.00 bits per heavy atom. The molecule has 0 atom stereocenters. The maximum atomic E-state index is 9.02. The third kappa shape index (κ3) is 9.45. The molecule has 0 saturated carbocycles. The molecular formula is C17H38NO+. The fraction of sp³-hybridized carbons (Fsp3) is 1.00. The average molecular weight is 272 g/mol. The van der Waals surface area contributed by atoms with Crippen LogP contribution in [0.25, 0.3) is 0 Å². The van der Waals surface area contributed by atoms with Gasteiger partial charge in [-0.1, -0.05) is 40.0 Å². The Balaban J connectivity index is 4.44. The molecule has 0 aromatic carbocycles. The number of nitrogens with zero attached hydrogens (tertiary/aromatic N) is 1. The van der Waals surface area contributed by atoms with Crippen LogP contribution in [0.15, 0.2) is 0 Å². The molecule has 0 aliphatic carbocycles. The highest BCUT2D eigenvalue weighted by Crippen LogP contribution is 2.17. The monoisotopic (exact) mass is 272 g/mol. The van der Waals surface area contributed by atoms with Crippen LogP contribution in [0.4, 0.5) is 0 Å². The van der Waals surface area contributed by atoms with Gasteiger partial charge in [-0.15, -0.1) is 0 Å². The Kier molecular flexibility index (Phi) is 12.9. The Morgan fingerprint density at radius 3 is 1.42 bits per heavy atom. The van der Waals surface area contributed by atoms with Gasteiger partial charge in [0.15, 0.2) is 0 Å². The predicted octanol–water partition coefficient (Wildman–Crippen LogP) is 4.37. The Morgan fingerprint density at radius 1 is 0.579 bits per heavy atom. The maximum Gasteiger partial charge on any atom is 0.0787 e. The predicted molar refractivity (Wildman–Crippen MR) is 85.4 cm³/mol. The van der Waals surface area contributed by atoms with Gasteiger partial charge in [0.2, 0.25) is 0 Å². The molecule has 0 saturated heterocycles. The first-order chi connectivity index (χ1) is 9.24. The largest absolute Gasteiger partial charge is 0.396 e. The second-order valence-corrected chi connectivity index (χ2v) is 6.08. The van der Waals surface area contributed by atoms with Gasteiger partial charge >= 0.3 is 0 Å². The molecule has 0 bridgehead atoms. The zero-order valence-electron chi connectivity index (χ0n) is 13.8. The summed E-state index contributed by atoms with van der Waals surface area (Å²) in [6, 6.07) is 0. The minimum Gasteiger partial charge on any atom is -0.396 e. The van der Waals surface area contributed by atoms with Crippen molar-refractivity contribution in [1.82, 2.24) is 0 Å². The standard InChI is InChI=1S/C17H38NO/c1-4-7-10-15-18(13-8-5-2,14-9-6-3)16-11-12-17-19/h19H,4-17H2,1-3H3/q+1. The molecule has 0 aliphatic rings. The lowest BCUT2D eigenvalue weighted by Gasteiger charge is -2.39. The van der Waals surface area contributed by atoms with Crippen molar-refractivity contribution in [2.75, 3.05) is 32.8 Å². The van der Waals surface area contributed by atoms with Crippen molar-refractivity contribution >= 4 is 0 Å². The van der Waals surface area contributed by atoms with Crippen molar-refractivity contribution in [3.8, 4) is 0 Å². The summed E-state index contributed by atoms with van der Waals surface area (Å²) in [7, 11) is 0. The van der Waals surface area contributed by atoms with E-state index in [2.05, 4.69) is 20.8 Å². The molecule has 0 radical (unpaired) electrons. The molecule has 0 unspecified atom stereocenters. The van der Waals surface area contributed by atoms with Gasteiger partial charge in [0.25, 0.3) is 0 Å². The second-order valence-electron chi connectivity index (χ2n) is 6.08. The zero-order valence-corrected chi connectivity index (χ0v) is 13.8. The molecule has 1 N–H and O–H groups in total.